The first-order chi connectivity index (χ1) is 15.5. The molecule has 180 valence electrons. The number of methoxy groups -OCH3 is 2. The van der Waals surface area contributed by atoms with E-state index in [1.807, 2.05) is 23.1 Å². The van der Waals surface area contributed by atoms with Crippen molar-refractivity contribution in [3.8, 4) is 11.5 Å². The summed E-state index contributed by atoms with van der Waals surface area (Å²) in [5.41, 5.74) is 7.83. The van der Waals surface area contributed by atoms with Gasteiger partial charge in [-0.25, -0.2) is 9.38 Å². The number of ether oxygens (including phenoxy) is 2. The van der Waals surface area contributed by atoms with Crippen molar-refractivity contribution in [3.63, 3.8) is 0 Å². The van der Waals surface area contributed by atoms with E-state index in [4.69, 9.17) is 15.2 Å². The first-order valence-electron chi connectivity index (χ1n) is 10.5. The minimum absolute atomic E-state index is 0. The average molecular weight is 571 g/mol. The second kappa shape index (κ2) is 13.1. The van der Waals surface area contributed by atoms with Crippen molar-refractivity contribution in [2.75, 3.05) is 51.8 Å². The van der Waals surface area contributed by atoms with E-state index in [0.29, 0.717) is 44.1 Å². The zero-order valence-electron chi connectivity index (χ0n) is 18.9. The lowest BCUT2D eigenvalue weighted by molar-refractivity contribution is -0.131. The fourth-order valence-electron chi connectivity index (χ4n) is 3.53. The van der Waals surface area contributed by atoms with Gasteiger partial charge in [0.25, 0.3) is 0 Å². The van der Waals surface area contributed by atoms with Crippen LogP contribution >= 0.6 is 24.0 Å². The zero-order valence-corrected chi connectivity index (χ0v) is 21.3. The van der Waals surface area contributed by atoms with Crippen LogP contribution < -0.4 is 25.4 Å². The molecule has 33 heavy (non-hydrogen) atoms. The molecule has 3 N–H and O–H groups in total. The summed E-state index contributed by atoms with van der Waals surface area (Å²) in [6, 6.07) is 12.0. The van der Waals surface area contributed by atoms with Crippen LogP contribution in [0, 0.1) is 5.82 Å². The number of carbonyl (C=O) groups excluding carboxylic acids is 1. The molecule has 0 saturated carbocycles. The molecule has 1 fully saturated rings. The van der Waals surface area contributed by atoms with Crippen molar-refractivity contribution in [2.24, 2.45) is 10.7 Å². The molecule has 1 aliphatic heterocycles. The van der Waals surface area contributed by atoms with Crippen molar-refractivity contribution in [1.29, 1.82) is 0 Å². The summed E-state index contributed by atoms with van der Waals surface area (Å²) in [5.74, 6) is 1.40. The maximum Gasteiger partial charge on any atom is 0.224 e. The lowest BCUT2D eigenvalue weighted by Gasteiger charge is -2.36. The van der Waals surface area contributed by atoms with Crippen LogP contribution in [0.25, 0.3) is 0 Å². The summed E-state index contributed by atoms with van der Waals surface area (Å²) in [6.07, 6.45) is 0.336. The van der Waals surface area contributed by atoms with Crippen LogP contribution in [0.2, 0.25) is 0 Å². The fourth-order valence-corrected chi connectivity index (χ4v) is 3.53. The Morgan fingerprint density at radius 3 is 2.36 bits per heavy atom. The average Bonchev–Trinajstić information content (AvgIpc) is 2.83. The standard InChI is InChI=1S/C23H30FN5O3.HI/c1-31-20-8-3-17(15-21(20)32-2)16-27-23(25)26-10-9-22(30)29-13-11-28(12-14-29)19-6-4-18(24)5-7-19;/h3-8,15H,9-14,16H2,1-2H3,(H3,25,26,27);1H. The largest absolute Gasteiger partial charge is 0.493 e. The van der Waals surface area contributed by atoms with E-state index in [9.17, 15) is 9.18 Å². The molecule has 10 heteroatoms. The highest BCUT2D eigenvalue weighted by Crippen LogP contribution is 2.27. The van der Waals surface area contributed by atoms with Crippen molar-refractivity contribution in [1.82, 2.24) is 10.2 Å². The number of nitrogens with zero attached hydrogens (tertiary/aromatic N) is 3. The van der Waals surface area contributed by atoms with Crippen LogP contribution in [-0.2, 0) is 11.3 Å². The molecule has 1 heterocycles. The highest BCUT2D eigenvalue weighted by molar-refractivity contribution is 14.0. The third kappa shape index (κ3) is 7.65. The van der Waals surface area contributed by atoms with Crippen molar-refractivity contribution in [3.05, 3.63) is 53.8 Å². The Balaban J connectivity index is 0.00000385. The summed E-state index contributed by atoms with van der Waals surface area (Å²) in [7, 11) is 3.17. The van der Waals surface area contributed by atoms with E-state index in [0.717, 1.165) is 24.3 Å². The Morgan fingerprint density at radius 2 is 1.73 bits per heavy atom. The number of rotatable bonds is 8. The van der Waals surface area contributed by atoms with Gasteiger partial charge in [-0.05, 0) is 42.0 Å². The van der Waals surface area contributed by atoms with Gasteiger partial charge in [0, 0.05) is 44.8 Å². The van der Waals surface area contributed by atoms with Gasteiger partial charge in [0.15, 0.2) is 17.5 Å². The quantitative estimate of drug-likeness (QED) is 0.288. The molecule has 1 aliphatic rings. The van der Waals surface area contributed by atoms with E-state index < -0.39 is 0 Å². The Kier molecular flexibility index (Phi) is 10.5. The maximum absolute atomic E-state index is 13.1. The van der Waals surface area contributed by atoms with Gasteiger partial charge in [-0.15, -0.1) is 24.0 Å². The second-order valence-electron chi connectivity index (χ2n) is 7.41. The number of anilines is 1. The maximum atomic E-state index is 13.1. The van der Waals surface area contributed by atoms with E-state index >= 15 is 0 Å². The molecule has 3 rings (SSSR count). The molecule has 1 amide bonds. The molecule has 0 atom stereocenters. The summed E-state index contributed by atoms with van der Waals surface area (Å²) in [5, 5.41) is 2.99. The van der Waals surface area contributed by atoms with Gasteiger partial charge in [0.1, 0.15) is 5.82 Å². The van der Waals surface area contributed by atoms with Gasteiger partial charge in [-0.3, -0.25) is 4.79 Å². The van der Waals surface area contributed by atoms with E-state index in [1.54, 1.807) is 26.4 Å². The molecule has 0 bridgehead atoms. The van der Waals surface area contributed by atoms with Gasteiger partial charge in [0.2, 0.25) is 5.91 Å². The van der Waals surface area contributed by atoms with E-state index in [2.05, 4.69) is 15.2 Å². The Hall–Kier alpha value is -2.76. The number of hydrogen-bond donors (Lipinski definition) is 2. The number of benzene rings is 2. The molecular formula is C23H31FIN5O3. The van der Waals surface area contributed by atoms with Gasteiger partial charge in [0.05, 0.1) is 20.8 Å². The Labute approximate surface area is 210 Å². The van der Waals surface area contributed by atoms with Crippen molar-refractivity contribution < 1.29 is 18.7 Å². The topological polar surface area (TPSA) is 92.4 Å². The van der Waals surface area contributed by atoms with E-state index in [-0.39, 0.29) is 41.7 Å². The smallest absolute Gasteiger partial charge is 0.224 e. The Morgan fingerprint density at radius 1 is 1.06 bits per heavy atom. The Bertz CT molecular complexity index is 934. The van der Waals surface area contributed by atoms with Crippen LogP contribution in [0.5, 0.6) is 11.5 Å². The molecule has 0 aliphatic carbocycles. The van der Waals surface area contributed by atoms with E-state index in [1.165, 1.54) is 12.1 Å². The summed E-state index contributed by atoms with van der Waals surface area (Å²) in [4.78, 5) is 20.8. The molecule has 2 aromatic carbocycles. The number of piperazine rings is 1. The van der Waals surface area contributed by atoms with Crippen LogP contribution in [0.3, 0.4) is 0 Å². The highest BCUT2D eigenvalue weighted by atomic mass is 127. The first kappa shape index (κ1) is 26.5. The summed E-state index contributed by atoms with van der Waals surface area (Å²) >= 11 is 0. The second-order valence-corrected chi connectivity index (χ2v) is 7.41. The molecular weight excluding hydrogens is 540 g/mol. The number of nitrogens with one attached hydrogen (secondary N) is 1. The predicted molar refractivity (Wildman–Crippen MR) is 138 cm³/mol. The minimum atomic E-state index is -0.249. The van der Waals surface area contributed by atoms with Gasteiger partial charge >= 0.3 is 0 Å². The SMILES string of the molecule is COc1ccc(CN=C(N)NCCC(=O)N2CCN(c3ccc(F)cc3)CC2)cc1OC.I. The number of halogens is 2. The molecule has 8 nitrogen and oxygen atoms in total. The van der Waals surface area contributed by atoms with Crippen molar-refractivity contribution >= 4 is 41.5 Å². The van der Waals surface area contributed by atoms with Gasteiger partial charge < -0.3 is 30.3 Å². The van der Waals surface area contributed by atoms with Crippen LogP contribution in [0.15, 0.2) is 47.5 Å². The van der Waals surface area contributed by atoms with Crippen molar-refractivity contribution in [2.45, 2.75) is 13.0 Å². The predicted octanol–water partition coefficient (Wildman–Crippen LogP) is 2.60. The number of guanidine groups is 1. The lowest BCUT2D eigenvalue weighted by Crippen LogP contribution is -2.49. The number of hydrogen-bond acceptors (Lipinski definition) is 5. The molecule has 0 radical (unpaired) electrons. The highest BCUT2D eigenvalue weighted by Gasteiger charge is 2.21. The monoisotopic (exact) mass is 571 g/mol. The number of aliphatic imine (C=N–C) groups is 1. The number of nitrogens with two attached hydrogens (primary N) is 1. The van der Waals surface area contributed by atoms with Crippen LogP contribution in [-0.4, -0.2) is 63.7 Å². The third-order valence-electron chi connectivity index (χ3n) is 5.35. The fraction of sp³-hybridized carbons (Fsp3) is 0.391. The molecule has 0 aromatic heterocycles. The summed E-state index contributed by atoms with van der Waals surface area (Å²) < 4.78 is 23.6. The lowest BCUT2D eigenvalue weighted by atomic mass is 10.2. The molecule has 0 spiro atoms. The molecule has 1 saturated heterocycles. The van der Waals surface area contributed by atoms with Crippen LogP contribution in [0.4, 0.5) is 10.1 Å². The molecule has 2 aromatic rings. The normalized spacial score (nSPS) is 13.8. The van der Waals surface area contributed by atoms with Crippen LogP contribution in [0.1, 0.15) is 12.0 Å². The minimum Gasteiger partial charge on any atom is -0.493 e. The van der Waals surface area contributed by atoms with Gasteiger partial charge in [-0.1, -0.05) is 6.07 Å². The summed E-state index contributed by atoms with van der Waals surface area (Å²) in [6.45, 7) is 3.52. The zero-order chi connectivity index (χ0) is 22.9. The van der Waals surface area contributed by atoms with Gasteiger partial charge in [-0.2, -0.15) is 0 Å². The molecule has 0 unspecified atom stereocenters. The number of carbonyl (C=O) groups is 1. The third-order valence-corrected chi connectivity index (χ3v) is 5.35. The number of amides is 1. The first-order valence-corrected chi connectivity index (χ1v) is 10.5.